The molecule has 0 amide bonds. The lowest BCUT2D eigenvalue weighted by Crippen LogP contribution is -1.89. The third-order valence-electron chi connectivity index (χ3n) is 2.01. The summed E-state index contributed by atoms with van der Waals surface area (Å²) in [5.74, 6) is -0.538. The first-order valence-corrected chi connectivity index (χ1v) is 5.14. The molecule has 15 heavy (non-hydrogen) atoms. The topological polar surface area (TPSA) is 38.9 Å². The molecule has 0 fully saturated rings. The Kier molecular flexibility index (Phi) is 2.64. The molecule has 0 aliphatic rings. The summed E-state index contributed by atoms with van der Waals surface area (Å²) >= 11 is 1.30. The molecule has 0 saturated carbocycles. The average Bonchev–Trinajstić information content (AvgIpc) is 2.66. The second-order valence-electron chi connectivity index (χ2n) is 3.01. The fourth-order valence-corrected chi connectivity index (χ4v) is 1.83. The van der Waals surface area contributed by atoms with Crippen molar-refractivity contribution in [2.24, 2.45) is 0 Å². The van der Waals surface area contributed by atoms with Gasteiger partial charge in [0.1, 0.15) is 12.5 Å². The molecular formula is C10H8F2N2S. The molecule has 5 heteroatoms. The Morgan fingerprint density at radius 2 is 2.20 bits per heavy atom. The number of benzene rings is 1. The van der Waals surface area contributed by atoms with Gasteiger partial charge < -0.3 is 5.73 Å². The van der Waals surface area contributed by atoms with Crippen molar-refractivity contribution >= 4 is 16.5 Å². The molecule has 2 aromatic rings. The largest absolute Gasteiger partial charge is 0.375 e. The molecule has 1 aromatic heterocycles. The lowest BCUT2D eigenvalue weighted by molar-refractivity contribution is 0.464. The molecule has 1 aromatic carbocycles. The van der Waals surface area contributed by atoms with Crippen molar-refractivity contribution in [1.29, 1.82) is 0 Å². The molecule has 1 heterocycles. The molecule has 0 spiro atoms. The van der Waals surface area contributed by atoms with Crippen molar-refractivity contribution in [2.45, 2.75) is 6.67 Å². The van der Waals surface area contributed by atoms with Gasteiger partial charge in [0.25, 0.3) is 0 Å². The summed E-state index contributed by atoms with van der Waals surface area (Å²) in [6, 6.07) is 4.24. The summed E-state index contributed by atoms with van der Waals surface area (Å²) in [5.41, 5.74) is 6.84. The maximum atomic E-state index is 13.0. The van der Waals surface area contributed by atoms with Crippen LogP contribution in [0.2, 0.25) is 0 Å². The zero-order chi connectivity index (χ0) is 10.8. The van der Waals surface area contributed by atoms with E-state index in [9.17, 15) is 8.78 Å². The molecule has 0 radical (unpaired) electrons. The van der Waals surface area contributed by atoms with E-state index in [1.807, 2.05) is 0 Å². The van der Waals surface area contributed by atoms with Crippen molar-refractivity contribution in [3.8, 4) is 11.3 Å². The number of rotatable bonds is 2. The molecule has 2 N–H and O–H groups in total. The zero-order valence-corrected chi connectivity index (χ0v) is 8.52. The van der Waals surface area contributed by atoms with Gasteiger partial charge in [-0.2, -0.15) is 0 Å². The Bertz CT molecular complexity index is 482. The van der Waals surface area contributed by atoms with Gasteiger partial charge in [-0.25, -0.2) is 13.8 Å². The van der Waals surface area contributed by atoms with E-state index in [2.05, 4.69) is 4.98 Å². The number of alkyl halides is 1. The molecule has 0 atom stereocenters. The zero-order valence-electron chi connectivity index (χ0n) is 7.71. The SMILES string of the molecule is Nc1nc(-c2ccc(F)c(CF)c2)cs1. The summed E-state index contributed by atoms with van der Waals surface area (Å²) in [5, 5.41) is 2.20. The highest BCUT2D eigenvalue weighted by Gasteiger charge is 2.07. The molecule has 0 aliphatic carbocycles. The summed E-state index contributed by atoms with van der Waals surface area (Å²) in [4.78, 5) is 4.04. The van der Waals surface area contributed by atoms with E-state index in [0.717, 1.165) is 0 Å². The number of nitrogens with zero attached hydrogens (tertiary/aromatic N) is 1. The second-order valence-corrected chi connectivity index (χ2v) is 3.90. The van der Waals surface area contributed by atoms with Crippen LogP contribution >= 0.6 is 11.3 Å². The van der Waals surface area contributed by atoms with Crippen molar-refractivity contribution < 1.29 is 8.78 Å². The summed E-state index contributed by atoms with van der Waals surface area (Å²) in [6.07, 6.45) is 0. The van der Waals surface area contributed by atoms with Crippen LogP contribution in [0.3, 0.4) is 0 Å². The number of hydrogen-bond donors (Lipinski definition) is 1. The minimum atomic E-state index is -0.820. The van der Waals surface area contributed by atoms with Gasteiger partial charge in [0.2, 0.25) is 0 Å². The predicted molar refractivity (Wildman–Crippen MR) is 56.7 cm³/mol. The number of aromatic nitrogens is 1. The van der Waals surface area contributed by atoms with E-state index in [0.29, 0.717) is 16.4 Å². The van der Waals surface area contributed by atoms with Gasteiger partial charge in [0, 0.05) is 16.5 Å². The quantitative estimate of drug-likeness (QED) is 0.854. The van der Waals surface area contributed by atoms with E-state index >= 15 is 0 Å². The standard InChI is InChI=1S/C10H8F2N2S/c11-4-7-3-6(1-2-8(7)12)9-5-15-10(13)14-9/h1-3,5H,4H2,(H2,13,14). The second kappa shape index (κ2) is 3.94. The van der Waals surface area contributed by atoms with Gasteiger partial charge in [0.15, 0.2) is 5.13 Å². The van der Waals surface area contributed by atoms with E-state index in [1.54, 1.807) is 11.4 Å². The van der Waals surface area contributed by atoms with Crippen LogP contribution in [0.25, 0.3) is 11.3 Å². The van der Waals surface area contributed by atoms with Crippen molar-refractivity contribution in [3.05, 3.63) is 35.0 Å². The minimum absolute atomic E-state index is 0.0408. The fraction of sp³-hybridized carbons (Fsp3) is 0.100. The average molecular weight is 226 g/mol. The molecule has 0 aliphatic heterocycles. The number of nitrogen functional groups attached to an aromatic ring is 1. The van der Waals surface area contributed by atoms with Crippen LogP contribution in [0, 0.1) is 5.82 Å². The van der Waals surface area contributed by atoms with Crippen molar-refractivity contribution in [1.82, 2.24) is 4.98 Å². The summed E-state index contributed by atoms with van der Waals surface area (Å²) in [7, 11) is 0. The first-order chi connectivity index (χ1) is 7.20. The highest BCUT2D eigenvalue weighted by molar-refractivity contribution is 7.13. The first kappa shape index (κ1) is 10.0. The Morgan fingerprint density at radius 3 is 2.80 bits per heavy atom. The molecular weight excluding hydrogens is 218 g/mol. The normalized spacial score (nSPS) is 10.5. The molecule has 0 bridgehead atoms. The van der Waals surface area contributed by atoms with E-state index in [4.69, 9.17) is 5.73 Å². The Labute approximate surface area is 89.4 Å². The molecule has 2 nitrogen and oxygen atoms in total. The van der Waals surface area contributed by atoms with Crippen molar-refractivity contribution in [3.63, 3.8) is 0 Å². The summed E-state index contributed by atoms with van der Waals surface area (Å²) in [6.45, 7) is -0.820. The lowest BCUT2D eigenvalue weighted by atomic mass is 10.1. The number of hydrogen-bond acceptors (Lipinski definition) is 3. The van der Waals surface area contributed by atoms with Gasteiger partial charge in [0.05, 0.1) is 5.69 Å². The van der Waals surface area contributed by atoms with E-state index in [-0.39, 0.29) is 5.56 Å². The van der Waals surface area contributed by atoms with Gasteiger partial charge in [-0.3, -0.25) is 0 Å². The Morgan fingerprint density at radius 1 is 1.40 bits per heavy atom. The third kappa shape index (κ3) is 1.97. The van der Waals surface area contributed by atoms with Crippen molar-refractivity contribution in [2.75, 3.05) is 5.73 Å². The maximum absolute atomic E-state index is 13.0. The number of nitrogens with two attached hydrogens (primary N) is 1. The minimum Gasteiger partial charge on any atom is -0.375 e. The number of anilines is 1. The van der Waals surface area contributed by atoms with Crippen LogP contribution in [-0.4, -0.2) is 4.98 Å². The smallest absolute Gasteiger partial charge is 0.180 e. The highest BCUT2D eigenvalue weighted by atomic mass is 32.1. The van der Waals surface area contributed by atoms with Crippen LogP contribution in [0.15, 0.2) is 23.6 Å². The highest BCUT2D eigenvalue weighted by Crippen LogP contribution is 2.25. The van der Waals surface area contributed by atoms with Gasteiger partial charge in [-0.15, -0.1) is 11.3 Å². The number of halogens is 2. The predicted octanol–water partition coefficient (Wildman–Crippen LogP) is 3.00. The van der Waals surface area contributed by atoms with Crippen LogP contribution in [-0.2, 0) is 6.67 Å². The first-order valence-electron chi connectivity index (χ1n) is 4.26. The van der Waals surface area contributed by atoms with Gasteiger partial charge >= 0.3 is 0 Å². The Hall–Kier alpha value is -1.49. The van der Waals surface area contributed by atoms with Crippen LogP contribution in [0.5, 0.6) is 0 Å². The van der Waals surface area contributed by atoms with Gasteiger partial charge in [-0.05, 0) is 18.2 Å². The van der Waals surface area contributed by atoms with E-state index < -0.39 is 12.5 Å². The van der Waals surface area contributed by atoms with Crippen LogP contribution in [0.4, 0.5) is 13.9 Å². The summed E-state index contributed by atoms with van der Waals surface area (Å²) < 4.78 is 25.4. The van der Waals surface area contributed by atoms with Crippen LogP contribution in [0.1, 0.15) is 5.56 Å². The third-order valence-corrected chi connectivity index (χ3v) is 2.68. The lowest BCUT2D eigenvalue weighted by Gasteiger charge is -2.00. The fourth-order valence-electron chi connectivity index (χ4n) is 1.26. The van der Waals surface area contributed by atoms with Crippen LogP contribution < -0.4 is 5.73 Å². The van der Waals surface area contributed by atoms with E-state index in [1.165, 1.54) is 23.5 Å². The molecule has 0 unspecified atom stereocenters. The molecule has 0 saturated heterocycles. The molecule has 78 valence electrons. The molecule has 2 rings (SSSR count). The Balaban J connectivity index is 2.45. The van der Waals surface area contributed by atoms with Gasteiger partial charge in [-0.1, -0.05) is 0 Å². The number of thiazole rings is 1. The maximum Gasteiger partial charge on any atom is 0.180 e. The monoisotopic (exact) mass is 226 g/mol.